The van der Waals surface area contributed by atoms with E-state index in [2.05, 4.69) is 5.32 Å². The number of carbonyl (C=O) groups excluding carboxylic acids is 2. The summed E-state index contributed by atoms with van der Waals surface area (Å²) < 4.78 is 17.6. The molecule has 1 saturated carbocycles. The number of hydrogen-bond donors (Lipinski definition) is 4. The second-order valence-electron chi connectivity index (χ2n) is 10.3. The van der Waals surface area contributed by atoms with Crippen molar-refractivity contribution in [3.05, 3.63) is 34.9 Å². The monoisotopic (exact) mass is 516 g/mol. The molecule has 10 heteroatoms. The minimum Gasteiger partial charge on any atom is -0.493 e. The molecule has 5 atom stereocenters. The fourth-order valence-electron chi connectivity index (χ4n) is 5.88. The first-order valence-electron chi connectivity index (χ1n) is 13.2. The van der Waals surface area contributed by atoms with E-state index in [4.69, 9.17) is 14.2 Å². The first-order valence-corrected chi connectivity index (χ1v) is 13.2. The predicted molar refractivity (Wildman–Crippen MR) is 132 cm³/mol. The molecule has 202 valence electrons. The van der Waals surface area contributed by atoms with Gasteiger partial charge in [0, 0.05) is 36.8 Å². The number of ether oxygens (including phenoxy) is 3. The van der Waals surface area contributed by atoms with E-state index in [1.54, 1.807) is 23.1 Å². The van der Waals surface area contributed by atoms with Gasteiger partial charge in [0.1, 0.15) is 12.2 Å². The van der Waals surface area contributed by atoms with Crippen molar-refractivity contribution in [3.8, 4) is 11.5 Å². The maximum absolute atomic E-state index is 13.6. The van der Waals surface area contributed by atoms with E-state index in [1.165, 1.54) is 7.11 Å². The number of fused-ring (bicyclic) bond motifs is 3. The Hall–Kier alpha value is -2.66. The summed E-state index contributed by atoms with van der Waals surface area (Å²) >= 11 is 0. The van der Waals surface area contributed by atoms with Crippen LogP contribution in [-0.2, 0) is 20.9 Å². The molecule has 0 spiro atoms. The first kappa shape index (κ1) is 26.0. The van der Waals surface area contributed by atoms with Gasteiger partial charge in [0.25, 0.3) is 0 Å². The molecular weight excluding hydrogens is 480 g/mol. The topological polar surface area (TPSA) is 138 Å². The number of methoxy groups -OCH3 is 1. The highest BCUT2D eigenvalue weighted by atomic mass is 16.5. The third-order valence-corrected chi connectivity index (χ3v) is 8.02. The Bertz CT molecular complexity index is 1050. The smallest absolute Gasteiger partial charge is 0.247 e. The molecule has 0 aromatic heterocycles. The van der Waals surface area contributed by atoms with Crippen LogP contribution >= 0.6 is 0 Å². The van der Waals surface area contributed by atoms with Crippen LogP contribution in [0.3, 0.4) is 0 Å². The predicted octanol–water partition coefficient (Wildman–Crippen LogP) is 0.618. The highest BCUT2D eigenvalue weighted by Crippen LogP contribution is 2.51. The molecule has 2 heterocycles. The zero-order chi connectivity index (χ0) is 26.1. The summed E-state index contributed by atoms with van der Waals surface area (Å²) in [6, 6.07) is 2.64. The summed E-state index contributed by atoms with van der Waals surface area (Å²) in [6.07, 6.45) is 3.98. The zero-order valence-electron chi connectivity index (χ0n) is 21.1. The Morgan fingerprint density at radius 3 is 2.62 bits per heavy atom. The molecule has 5 rings (SSSR count). The number of benzene rings is 1. The molecule has 10 nitrogen and oxygen atoms in total. The van der Waals surface area contributed by atoms with Gasteiger partial charge in [-0.2, -0.15) is 0 Å². The van der Waals surface area contributed by atoms with Crippen LogP contribution in [0.1, 0.15) is 49.1 Å². The molecule has 4 aliphatic rings. The second-order valence-corrected chi connectivity index (χ2v) is 10.3. The number of aliphatic hydroxyl groups excluding tert-OH is 3. The Labute approximate surface area is 216 Å². The summed E-state index contributed by atoms with van der Waals surface area (Å²) in [4.78, 5) is 28.7. The van der Waals surface area contributed by atoms with Gasteiger partial charge in [-0.25, -0.2) is 0 Å². The molecule has 0 radical (unpaired) electrons. The number of aliphatic hydroxyl groups is 3. The lowest BCUT2D eigenvalue weighted by Crippen LogP contribution is -2.58. The lowest BCUT2D eigenvalue weighted by Gasteiger charge is -2.43. The minimum atomic E-state index is -1.11. The van der Waals surface area contributed by atoms with Gasteiger partial charge in [0.05, 0.1) is 38.4 Å². The SMILES string of the molecule is COc1cc(CO)cc2c1OC1C2C(C(=O)NCCO)=CC(N(CC2CCCO2)C(=O)C2CCC2)C1O. The molecule has 1 saturated heterocycles. The van der Waals surface area contributed by atoms with Crippen molar-refractivity contribution in [1.29, 1.82) is 0 Å². The van der Waals surface area contributed by atoms with Crippen molar-refractivity contribution in [3.63, 3.8) is 0 Å². The number of rotatable bonds is 9. The summed E-state index contributed by atoms with van der Waals surface area (Å²) in [6.45, 7) is 0.591. The van der Waals surface area contributed by atoms with Crippen LogP contribution in [0.15, 0.2) is 23.8 Å². The van der Waals surface area contributed by atoms with Crippen molar-refractivity contribution in [2.75, 3.05) is 33.4 Å². The van der Waals surface area contributed by atoms with Crippen LogP contribution in [0.2, 0.25) is 0 Å². The molecule has 2 fully saturated rings. The molecule has 0 bridgehead atoms. The van der Waals surface area contributed by atoms with Gasteiger partial charge >= 0.3 is 0 Å². The third-order valence-electron chi connectivity index (χ3n) is 8.02. The number of nitrogens with one attached hydrogen (secondary N) is 1. The van der Waals surface area contributed by atoms with Crippen molar-refractivity contribution in [1.82, 2.24) is 10.2 Å². The summed E-state index contributed by atoms with van der Waals surface area (Å²) in [7, 11) is 1.49. The summed E-state index contributed by atoms with van der Waals surface area (Å²) in [5, 5.41) is 33.5. The Morgan fingerprint density at radius 2 is 2.00 bits per heavy atom. The van der Waals surface area contributed by atoms with E-state index in [1.807, 2.05) is 0 Å². The van der Waals surface area contributed by atoms with E-state index >= 15 is 0 Å². The van der Waals surface area contributed by atoms with Crippen molar-refractivity contribution in [2.24, 2.45) is 5.92 Å². The van der Waals surface area contributed by atoms with Gasteiger partial charge < -0.3 is 39.7 Å². The van der Waals surface area contributed by atoms with Crippen LogP contribution in [-0.4, -0.2) is 89.8 Å². The summed E-state index contributed by atoms with van der Waals surface area (Å²) in [5.41, 5.74) is 1.57. The standard InChI is InChI=1S/C27H36N2O8/c1-35-21-11-15(14-31)10-18-22-19(26(33)28-7-8-30)12-20(23(32)25(22)37-24(18)21)29(13-17-6-3-9-36-17)27(34)16-4-2-5-16/h10-12,16-17,20,22-23,25,30-32H,2-9,13-14H2,1H3,(H,28,33). The average Bonchev–Trinajstić information content (AvgIpc) is 3.53. The Kier molecular flexibility index (Phi) is 7.71. The molecule has 2 aliphatic heterocycles. The van der Waals surface area contributed by atoms with Crippen LogP contribution in [0, 0.1) is 5.92 Å². The highest BCUT2D eigenvalue weighted by molar-refractivity contribution is 5.96. The van der Waals surface area contributed by atoms with Crippen LogP contribution in [0.4, 0.5) is 0 Å². The Balaban J connectivity index is 1.56. The van der Waals surface area contributed by atoms with E-state index < -0.39 is 30.1 Å². The number of hydrogen-bond acceptors (Lipinski definition) is 8. The van der Waals surface area contributed by atoms with Gasteiger partial charge in [0.15, 0.2) is 11.5 Å². The summed E-state index contributed by atoms with van der Waals surface area (Å²) in [5.74, 6) is -0.364. The van der Waals surface area contributed by atoms with Crippen molar-refractivity contribution in [2.45, 2.75) is 69.0 Å². The van der Waals surface area contributed by atoms with Crippen LogP contribution < -0.4 is 14.8 Å². The normalized spacial score (nSPS) is 28.4. The van der Waals surface area contributed by atoms with Gasteiger partial charge in [-0.1, -0.05) is 6.42 Å². The fourth-order valence-corrected chi connectivity index (χ4v) is 5.88. The molecule has 1 aromatic rings. The maximum Gasteiger partial charge on any atom is 0.247 e. The van der Waals surface area contributed by atoms with Crippen molar-refractivity contribution >= 4 is 11.8 Å². The number of nitrogens with zero attached hydrogens (tertiary/aromatic N) is 1. The second kappa shape index (κ2) is 11.0. The zero-order valence-corrected chi connectivity index (χ0v) is 21.1. The molecule has 2 aliphatic carbocycles. The Morgan fingerprint density at radius 1 is 1.19 bits per heavy atom. The molecule has 1 aromatic carbocycles. The fraction of sp³-hybridized carbons (Fsp3) is 0.630. The molecular formula is C27H36N2O8. The maximum atomic E-state index is 13.6. The lowest BCUT2D eigenvalue weighted by atomic mass is 9.76. The minimum absolute atomic E-state index is 0.0359. The highest BCUT2D eigenvalue weighted by Gasteiger charge is 2.52. The van der Waals surface area contributed by atoms with Crippen LogP contribution in [0.5, 0.6) is 11.5 Å². The van der Waals surface area contributed by atoms with E-state index in [-0.39, 0.29) is 37.7 Å². The largest absolute Gasteiger partial charge is 0.493 e. The van der Waals surface area contributed by atoms with E-state index in [0.717, 1.165) is 32.1 Å². The molecule has 4 N–H and O–H groups in total. The average molecular weight is 517 g/mol. The first-order chi connectivity index (χ1) is 18.0. The van der Waals surface area contributed by atoms with Gasteiger partial charge in [-0.05, 0) is 49.5 Å². The lowest BCUT2D eigenvalue weighted by molar-refractivity contribution is -0.146. The van der Waals surface area contributed by atoms with E-state index in [9.17, 15) is 24.9 Å². The van der Waals surface area contributed by atoms with Gasteiger partial charge in [0.2, 0.25) is 11.8 Å². The van der Waals surface area contributed by atoms with Crippen molar-refractivity contribution < 1.29 is 39.1 Å². The number of amides is 2. The quantitative estimate of drug-likeness (QED) is 0.375. The number of carbonyl (C=O) groups is 2. The van der Waals surface area contributed by atoms with E-state index in [0.29, 0.717) is 41.4 Å². The van der Waals surface area contributed by atoms with Gasteiger partial charge in [-0.3, -0.25) is 9.59 Å². The van der Waals surface area contributed by atoms with Crippen LogP contribution in [0.25, 0.3) is 0 Å². The molecule has 2 amide bonds. The molecule has 5 unspecified atom stereocenters. The molecule has 37 heavy (non-hydrogen) atoms. The van der Waals surface area contributed by atoms with Gasteiger partial charge in [-0.15, -0.1) is 0 Å². The third kappa shape index (κ3) is 4.83.